The average Bonchev–Trinajstić information content (AvgIpc) is 3.06. The van der Waals surface area contributed by atoms with E-state index in [4.69, 9.17) is 4.74 Å². The molecule has 4 aromatic rings. The van der Waals surface area contributed by atoms with E-state index in [0.717, 1.165) is 28.0 Å². The normalized spacial score (nSPS) is 18.2. The Morgan fingerprint density at radius 3 is 1.77 bits per heavy atom. The predicted octanol–water partition coefficient (Wildman–Crippen LogP) is 5.52. The molecular formula is C33H35N3O3. The van der Waals surface area contributed by atoms with Crippen LogP contribution >= 0.6 is 0 Å². The lowest BCUT2D eigenvalue weighted by molar-refractivity contribution is -0.0213. The molecule has 0 unspecified atom stereocenters. The molecule has 1 saturated heterocycles. The number of rotatable bonds is 9. The van der Waals surface area contributed by atoms with Gasteiger partial charge in [0.1, 0.15) is 5.75 Å². The number of ether oxygens (including phenoxy) is 1. The van der Waals surface area contributed by atoms with Crippen molar-refractivity contribution in [3.8, 4) is 5.75 Å². The molecule has 1 N–H and O–H groups in total. The number of carbonyl (C=O) groups excluding carboxylic acids is 1. The van der Waals surface area contributed by atoms with Crippen LogP contribution in [-0.2, 0) is 26.1 Å². The summed E-state index contributed by atoms with van der Waals surface area (Å²) in [5, 5.41) is 15.5. The third-order valence-corrected chi connectivity index (χ3v) is 7.23. The standard InChI is InChI=1S/C33H35N3O3/c1-39-30-19-17-29(18-20-30)22-34-25-32(37)31(21-26-11-5-2-6-12-26)35(23-27-13-7-3-8-14-27)33(38)36(34)24-28-15-9-4-10-16-28/h2-20,31-32,37H,21-25H2,1H3/t31-,32-/m0/s1. The molecule has 39 heavy (non-hydrogen) atoms. The zero-order valence-corrected chi connectivity index (χ0v) is 22.3. The molecule has 0 aliphatic carbocycles. The lowest BCUT2D eigenvalue weighted by Gasteiger charge is -2.36. The number of aliphatic hydroxyl groups excluding tert-OH is 1. The molecule has 0 spiro atoms. The van der Waals surface area contributed by atoms with Crippen LogP contribution in [0.5, 0.6) is 5.75 Å². The number of β-amino-alcohol motifs (C(OH)–C–C–N with tert-alkyl or cyclic N) is 1. The van der Waals surface area contributed by atoms with Crippen molar-refractivity contribution in [1.82, 2.24) is 14.9 Å². The SMILES string of the molecule is COc1ccc(CN2C[C@H](O)[C@H](Cc3ccccc3)N(Cc3ccccc3)C(=O)N2Cc2ccccc2)cc1. The number of hydrogen-bond donors (Lipinski definition) is 1. The van der Waals surface area contributed by atoms with E-state index in [1.807, 2.05) is 113 Å². The van der Waals surface area contributed by atoms with Gasteiger partial charge in [-0.1, -0.05) is 103 Å². The van der Waals surface area contributed by atoms with Gasteiger partial charge in [0.15, 0.2) is 0 Å². The van der Waals surface area contributed by atoms with Crippen LogP contribution in [0.25, 0.3) is 0 Å². The zero-order valence-electron chi connectivity index (χ0n) is 22.3. The van der Waals surface area contributed by atoms with Gasteiger partial charge >= 0.3 is 6.03 Å². The van der Waals surface area contributed by atoms with Gasteiger partial charge in [0.05, 0.1) is 25.8 Å². The molecule has 2 atom stereocenters. The molecular weight excluding hydrogens is 486 g/mol. The van der Waals surface area contributed by atoms with Gasteiger partial charge < -0.3 is 14.7 Å². The number of carbonyl (C=O) groups is 1. The van der Waals surface area contributed by atoms with Gasteiger partial charge in [0.2, 0.25) is 0 Å². The monoisotopic (exact) mass is 521 g/mol. The topological polar surface area (TPSA) is 56.3 Å². The summed E-state index contributed by atoms with van der Waals surface area (Å²) < 4.78 is 5.33. The summed E-state index contributed by atoms with van der Waals surface area (Å²) in [6.07, 6.45) is -0.187. The Kier molecular flexibility index (Phi) is 8.56. The summed E-state index contributed by atoms with van der Waals surface area (Å²) in [7, 11) is 1.65. The fourth-order valence-electron chi connectivity index (χ4n) is 5.14. The third-order valence-electron chi connectivity index (χ3n) is 7.23. The zero-order chi connectivity index (χ0) is 27.0. The van der Waals surface area contributed by atoms with E-state index in [-0.39, 0.29) is 12.1 Å². The quantitative estimate of drug-likeness (QED) is 0.315. The van der Waals surface area contributed by atoms with Gasteiger partial charge in [-0.25, -0.2) is 9.80 Å². The number of methoxy groups -OCH3 is 1. The van der Waals surface area contributed by atoms with Crippen LogP contribution in [0, 0.1) is 0 Å². The summed E-state index contributed by atoms with van der Waals surface area (Å²) in [6.45, 7) is 1.63. The molecule has 4 aromatic carbocycles. The Bertz CT molecular complexity index is 1320. The highest BCUT2D eigenvalue weighted by Crippen LogP contribution is 2.26. The fraction of sp³-hybridized carbons (Fsp3) is 0.242. The first-order valence-corrected chi connectivity index (χ1v) is 13.4. The van der Waals surface area contributed by atoms with Gasteiger partial charge in [0, 0.05) is 19.6 Å². The lowest BCUT2D eigenvalue weighted by Crippen LogP contribution is -2.51. The molecule has 1 heterocycles. The lowest BCUT2D eigenvalue weighted by atomic mass is 9.99. The number of hydrazine groups is 1. The van der Waals surface area contributed by atoms with Gasteiger partial charge in [-0.05, 0) is 40.8 Å². The Labute approximate surface area is 230 Å². The van der Waals surface area contributed by atoms with Crippen molar-refractivity contribution in [2.45, 2.75) is 38.2 Å². The average molecular weight is 522 g/mol. The maximum Gasteiger partial charge on any atom is 0.335 e. The number of hydrogen-bond acceptors (Lipinski definition) is 4. The third kappa shape index (κ3) is 6.66. The number of urea groups is 1. The first-order valence-electron chi connectivity index (χ1n) is 13.4. The summed E-state index contributed by atoms with van der Waals surface area (Å²) in [5.41, 5.74) is 4.18. The number of nitrogens with zero attached hydrogens (tertiary/aromatic N) is 3. The molecule has 6 heteroatoms. The molecule has 0 radical (unpaired) electrons. The van der Waals surface area contributed by atoms with Crippen molar-refractivity contribution in [3.05, 3.63) is 138 Å². The van der Waals surface area contributed by atoms with E-state index in [0.29, 0.717) is 32.6 Å². The molecule has 0 aromatic heterocycles. The summed E-state index contributed by atoms with van der Waals surface area (Å²) in [6, 6.07) is 37.5. The number of benzene rings is 4. The first-order chi connectivity index (χ1) is 19.1. The molecule has 5 rings (SSSR count). The highest BCUT2D eigenvalue weighted by Gasteiger charge is 2.40. The van der Waals surface area contributed by atoms with Crippen LogP contribution in [0.15, 0.2) is 115 Å². The minimum absolute atomic E-state index is 0.117. The van der Waals surface area contributed by atoms with E-state index in [9.17, 15) is 9.90 Å². The Hall–Kier alpha value is -4.13. The smallest absolute Gasteiger partial charge is 0.335 e. The van der Waals surface area contributed by atoms with Crippen LogP contribution < -0.4 is 4.74 Å². The van der Waals surface area contributed by atoms with E-state index in [1.165, 1.54) is 0 Å². The largest absolute Gasteiger partial charge is 0.497 e. The second-order valence-electron chi connectivity index (χ2n) is 9.96. The maximum absolute atomic E-state index is 14.5. The molecule has 1 aliphatic heterocycles. The van der Waals surface area contributed by atoms with Crippen LogP contribution in [0.4, 0.5) is 4.79 Å². The molecule has 1 aliphatic rings. The molecule has 2 amide bonds. The minimum atomic E-state index is -0.753. The van der Waals surface area contributed by atoms with Crippen LogP contribution in [0.2, 0.25) is 0 Å². The Morgan fingerprint density at radius 2 is 1.21 bits per heavy atom. The van der Waals surface area contributed by atoms with Crippen LogP contribution in [0.3, 0.4) is 0 Å². The van der Waals surface area contributed by atoms with Crippen molar-refractivity contribution >= 4 is 6.03 Å². The van der Waals surface area contributed by atoms with Crippen molar-refractivity contribution in [2.24, 2.45) is 0 Å². The number of aliphatic hydroxyl groups is 1. The minimum Gasteiger partial charge on any atom is -0.497 e. The van der Waals surface area contributed by atoms with E-state index >= 15 is 0 Å². The van der Waals surface area contributed by atoms with Crippen LogP contribution in [0.1, 0.15) is 22.3 Å². The van der Waals surface area contributed by atoms with E-state index in [2.05, 4.69) is 12.1 Å². The predicted molar refractivity (Wildman–Crippen MR) is 153 cm³/mol. The highest BCUT2D eigenvalue weighted by molar-refractivity contribution is 5.75. The highest BCUT2D eigenvalue weighted by atomic mass is 16.5. The van der Waals surface area contributed by atoms with Crippen LogP contribution in [-0.4, -0.2) is 51.9 Å². The molecule has 200 valence electrons. The second-order valence-corrected chi connectivity index (χ2v) is 9.96. The first kappa shape index (κ1) is 26.5. The van der Waals surface area contributed by atoms with Gasteiger partial charge in [-0.3, -0.25) is 5.01 Å². The van der Waals surface area contributed by atoms with Crippen molar-refractivity contribution in [2.75, 3.05) is 13.7 Å². The maximum atomic E-state index is 14.5. The summed E-state index contributed by atoms with van der Waals surface area (Å²) in [4.78, 5) is 16.3. The molecule has 1 fully saturated rings. The van der Waals surface area contributed by atoms with Crippen molar-refractivity contribution < 1.29 is 14.6 Å². The molecule has 6 nitrogen and oxygen atoms in total. The second kappa shape index (κ2) is 12.6. The van der Waals surface area contributed by atoms with E-state index < -0.39 is 6.10 Å². The Morgan fingerprint density at radius 1 is 0.692 bits per heavy atom. The molecule has 0 saturated carbocycles. The van der Waals surface area contributed by atoms with E-state index in [1.54, 1.807) is 12.1 Å². The van der Waals surface area contributed by atoms with Crippen molar-refractivity contribution in [1.29, 1.82) is 0 Å². The summed E-state index contributed by atoms with van der Waals surface area (Å²) >= 11 is 0. The van der Waals surface area contributed by atoms with Gasteiger partial charge in [-0.15, -0.1) is 0 Å². The van der Waals surface area contributed by atoms with Crippen molar-refractivity contribution in [3.63, 3.8) is 0 Å². The molecule has 0 bridgehead atoms. The fourth-order valence-corrected chi connectivity index (χ4v) is 5.14. The van der Waals surface area contributed by atoms with Gasteiger partial charge in [0.25, 0.3) is 0 Å². The summed E-state index contributed by atoms with van der Waals surface area (Å²) in [5.74, 6) is 0.781. The van der Waals surface area contributed by atoms with Gasteiger partial charge in [-0.2, -0.15) is 0 Å². The Balaban J connectivity index is 1.52. The number of amides is 2.